The Morgan fingerprint density at radius 1 is 0.588 bits per heavy atom. The van der Waals surface area contributed by atoms with E-state index in [1.807, 2.05) is 104 Å². The molecule has 6 nitrogen and oxygen atoms in total. The number of nitrogens with zero attached hydrogens (tertiary/aromatic N) is 2. The maximum Gasteiger partial charge on any atom is 0.175 e. The summed E-state index contributed by atoms with van der Waals surface area (Å²) in [4.78, 5) is 9.14. The van der Waals surface area contributed by atoms with Gasteiger partial charge < -0.3 is 20.1 Å². The van der Waals surface area contributed by atoms with E-state index in [9.17, 15) is 0 Å². The minimum Gasteiger partial charge on any atom is -0.451 e. The molecule has 5 rings (SSSR count). The molecule has 8 heteroatoms. The molecular formula is C26H34Cl2N4O2. The zero-order chi connectivity index (χ0) is 25.7. The minimum absolute atomic E-state index is 0.331. The Labute approximate surface area is 212 Å². The molecule has 0 saturated heterocycles. The van der Waals surface area contributed by atoms with Gasteiger partial charge in [0.1, 0.15) is 32.1 Å². The summed E-state index contributed by atoms with van der Waals surface area (Å²) in [5.41, 5.74) is 1.38. The molecule has 2 N–H and O–H groups in total. The summed E-state index contributed by atoms with van der Waals surface area (Å²) in [6.45, 7) is 8.00. The van der Waals surface area contributed by atoms with Gasteiger partial charge in [0, 0.05) is 0 Å². The Balaban J connectivity index is 0.000000509. The Morgan fingerprint density at radius 2 is 0.882 bits per heavy atom. The first kappa shape index (κ1) is 29.4. The third-order valence-electron chi connectivity index (χ3n) is 3.86. The number of rotatable bonds is 0. The summed E-state index contributed by atoms with van der Waals surface area (Å²) in [5.74, 6) is 2.04. The van der Waals surface area contributed by atoms with E-state index in [1.54, 1.807) is 0 Å². The number of para-hydroxylation sites is 4. The summed E-state index contributed by atoms with van der Waals surface area (Å²) in [5, 5.41) is 7.07. The van der Waals surface area contributed by atoms with Crippen LogP contribution in [0.25, 0.3) is 0 Å². The first-order valence-electron chi connectivity index (χ1n) is 11.2. The zero-order valence-corrected chi connectivity index (χ0v) is 22.6. The molecule has 2 aliphatic rings. The number of fused-ring (bicyclic) bond motifs is 4. The lowest BCUT2D eigenvalue weighted by molar-refractivity contribution is 0.451. The van der Waals surface area contributed by atoms with Crippen molar-refractivity contribution in [3.8, 4) is 23.0 Å². The highest BCUT2D eigenvalue weighted by atomic mass is 35.5. The smallest absolute Gasteiger partial charge is 0.175 e. The van der Waals surface area contributed by atoms with Crippen LogP contribution in [-0.4, -0.2) is 28.2 Å². The summed E-state index contributed by atoms with van der Waals surface area (Å²) < 4.78 is 11.8. The van der Waals surface area contributed by atoms with E-state index in [0.717, 1.165) is 0 Å². The largest absolute Gasteiger partial charge is 0.451 e. The van der Waals surface area contributed by atoms with Crippen molar-refractivity contribution in [3.63, 3.8) is 0 Å². The molecule has 0 unspecified atom stereocenters. The lowest BCUT2D eigenvalue weighted by Gasteiger charge is -2.20. The average Bonchev–Trinajstić information content (AvgIpc) is 2.89. The topological polar surface area (TPSA) is 67.2 Å². The van der Waals surface area contributed by atoms with E-state index in [1.165, 1.54) is 0 Å². The predicted molar refractivity (Wildman–Crippen MR) is 144 cm³/mol. The molecule has 0 radical (unpaired) electrons. The maximum absolute atomic E-state index is 6.53. The van der Waals surface area contributed by atoms with Crippen molar-refractivity contribution in [3.05, 3.63) is 69.3 Å². The molecule has 3 aromatic rings. The summed E-state index contributed by atoms with van der Waals surface area (Å²) in [7, 11) is 7.50. The Kier molecular flexibility index (Phi) is 13.2. The van der Waals surface area contributed by atoms with E-state index in [0.29, 0.717) is 55.1 Å². The average molecular weight is 505 g/mol. The van der Waals surface area contributed by atoms with E-state index >= 15 is 0 Å². The van der Waals surface area contributed by atoms with Gasteiger partial charge in [-0.3, -0.25) is 0 Å². The SMILES string of the molecule is CC.CC.CNC.CNC.Clc1c2c(c(Cl)c3c1=Nc1ccccc1O3)=Nc1ccccc1O2. The van der Waals surface area contributed by atoms with Gasteiger partial charge in [0.15, 0.2) is 23.0 Å². The molecule has 0 fully saturated rings. The summed E-state index contributed by atoms with van der Waals surface area (Å²) in [6, 6.07) is 14.9. The van der Waals surface area contributed by atoms with Crippen molar-refractivity contribution in [1.29, 1.82) is 0 Å². The van der Waals surface area contributed by atoms with Gasteiger partial charge >= 0.3 is 0 Å². The molecule has 0 aromatic heterocycles. The van der Waals surface area contributed by atoms with Crippen molar-refractivity contribution < 1.29 is 9.47 Å². The van der Waals surface area contributed by atoms with Crippen molar-refractivity contribution in [1.82, 2.24) is 10.6 Å². The maximum atomic E-state index is 6.53. The molecule has 0 atom stereocenters. The van der Waals surface area contributed by atoms with Crippen LogP contribution in [0.5, 0.6) is 23.0 Å². The number of nitrogens with one attached hydrogen (secondary N) is 2. The molecule has 2 aliphatic heterocycles. The number of ether oxygens (including phenoxy) is 2. The van der Waals surface area contributed by atoms with Crippen LogP contribution >= 0.6 is 23.2 Å². The molecule has 3 aromatic carbocycles. The molecule has 184 valence electrons. The molecule has 2 heterocycles. The quantitative estimate of drug-likeness (QED) is 0.242. The standard InChI is InChI=1S/C18H8Cl2N2O2.2C2H7N.2C2H6/c19-13-15-17(23-11-7-3-1-5-9(11)21-15)14(20)16-18(13)24-12-8-4-2-6-10(12)22-16;2*1-3-2;2*1-2/h1-8H;2*3H,1-2H3;2*1-2H3. The van der Waals surface area contributed by atoms with Crippen LogP contribution in [0, 0.1) is 0 Å². The fraction of sp³-hybridized carbons (Fsp3) is 0.308. The molecule has 34 heavy (non-hydrogen) atoms. The second-order valence-corrected chi connectivity index (χ2v) is 7.10. The number of halogens is 2. The third kappa shape index (κ3) is 6.70. The van der Waals surface area contributed by atoms with Crippen LogP contribution in [0.15, 0.2) is 58.5 Å². The van der Waals surface area contributed by atoms with E-state index in [2.05, 4.69) is 20.6 Å². The van der Waals surface area contributed by atoms with Crippen molar-refractivity contribution >= 4 is 34.6 Å². The second-order valence-electron chi connectivity index (χ2n) is 6.35. The highest BCUT2D eigenvalue weighted by Gasteiger charge is 2.26. The monoisotopic (exact) mass is 504 g/mol. The lowest BCUT2D eigenvalue weighted by Crippen LogP contribution is -2.22. The van der Waals surface area contributed by atoms with Crippen LogP contribution in [0.1, 0.15) is 27.7 Å². The Morgan fingerprint density at radius 3 is 1.21 bits per heavy atom. The summed E-state index contributed by atoms with van der Waals surface area (Å²) >= 11 is 13.1. The van der Waals surface area contributed by atoms with Gasteiger partial charge in [-0.15, -0.1) is 0 Å². The highest BCUT2D eigenvalue weighted by Crippen LogP contribution is 2.41. The second kappa shape index (κ2) is 15.3. The van der Waals surface area contributed by atoms with Gasteiger partial charge in [-0.1, -0.05) is 75.2 Å². The first-order chi connectivity index (χ1) is 16.5. The third-order valence-corrected chi connectivity index (χ3v) is 4.57. The minimum atomic E-state index is 0.331. The van der Waals surface area contributed by atoms with Crippen LogP contribution in [0.4, 0.5) is 11.4 Å². The van der Waals surface area contributed by atoms with E-state index in [4.69, 9.17) is 32.7 Å². The molecule has 0 bridgehead atoms. The van der Waals surface area contributed by atoms with Gasteiger partial charge in [0.25, 0.3) is 0 Å². The molecule has 0 saturated carbocycles. The van der Waals surface area contributed by atoms with Crippen molar-refractivity contribution in [2.45, 2.75) is 27.7 Å². The lowest BCUT2D eigenvalue weighted by atomic mass is 10.2. The highest BCUT2D eigenvalue weighted by molar-refractivity contribution is 6.35. The van der Waals surface area contributed by atoms with Crippen LogP contribution in [0.2, 0.25) is 10.0 Å². The van der Waals surface area contributed by atoms with Crippen molar-refractivity contribution in [2.75, 3.05) is 28.2 Å². The number of benzene rings is 3. The van der Waals surface area contributed by atoms with Crippen LogP contribution in [-0.2, 0) is 0 Å². The fourth-order valence-electron chi connectivity index (χ4n) is 2.74. The van der Waals surface area contributed by atoms with E-state index < -0.39 is 0 Å². The Hall–Kier alpha value is -2.64. The van der Waals surface area contributed by atoms with Gasteiger partial charge in [-0.2, -0.15) is 0 Å². The van der Waals surface area contributed by atoms with Gasteiger partial charge in [0.05, 0.1) is 0 Å². The van der Waals surface area contributed by atoms with E-state index in [-0.39, 0.29) is 0 Å². The van der Waals surface area contributed by atoms with Gasteiger partial charge in [0.2, 0.25) is 0 Å². The normalized spacial score (nSPS) is 10.6. The molecule has 0 spiro atoms. The van der Waals surface area contributed by atoms with Gasteiger partial charge in [-0.25, -0.2) is 9.98 Å². The number of hydrogen-bond donors (Lipinski definition) is 2. The van der Waals surface area contributed by atoms with Crippen molar-refractivity contribution in [2.24, 2.45) is 9.98 Å². The first-order valence-corrected chi connectivity index (χ1v) is 12.0. The Bertz CT molecular complexity index is 1090. The molecular weight excluding hydrogens is 471 g/mol. The zero-order valence-electron chi connectivity index (χ0n) is 21.1. The predicted octanol–water partition coefficient (Wildman–Crippen LogP) is 6.83. The van der Waals surface area contributed by atoms with Gasteiger partial charge in [-0.05, 0) is 52.5 Å². The fourth-order valence-corrected chi connectivity index (χ4v) is 3.25. The summed E-state index contributed by atoms with van der Waals surface area (Å²) in [6.07, 6.45) is 0. The number of hydrogen-bond acceptors (Lipinski definition) is 6. The van der Waals surface area contributed by atoms with Crippen LogP contribution in [0.3, 0.4) is 0 Å². The molecule has 0 aliphatic carbocycles. The molecule has 0 amide bonds. The van der Waals surface area contributed by atoms with Crippen LogP contribution < -0.4 is 30.8 Å².